The van der Waals surface area contributed by atoms with E-state index < -0.39 is 0 Å². The van der Waals surface area contributed by atoms with Crippen molar-refractivity contribution >= 4 is 16.3 Å². The Morgan fingerprint density at radius 1 is 1.32 bits per heavy atom. The van der Waals surface area contributed by atoms with E-state index >= 15 is 0 Å². The molecule has 3 rings (SSSR count). The van der Waals surface area contributed by atoms with Crippen molar-refractivity contribution in [3.8, 4) is 16.9 Å². The second-order valence-corrected chi connectivity index (χ2v) is 6.43. The van der Waals surface area contributed by atoms with Crippen LogP contribution in [0.3, 0.4) is 0 Å². The van der Waals surface area contributed by atoms with E-state index in [1.165, 1.54) is 28.8 Å². The number of thiophene rings is 1. The molecule has 0 spiro atoms. The van der Waals surface area contributed by atoms with Gasteiger partial charge in [0.25, 0.3) is 0 Å². The van der Waals surface area contributed by atoms with E-state index in [9.17, 15) is 0 Å². The molecule has 0 aliphatic heterocycles. The fourth-order valence-electron chi connectivity index (χ4n) is 2.92. The van der Waals surface area contributed by atoms with Crippen molar-refractivity contribution in [2.45, 2.75) is 26.2 Å². The van der Waals surface area contributed by atoms with E-state index in [0.29, 0.717) is 0 Å². The minimum absolute atomic E-state index is 0.774. The Labute approximate surface area is 118 Å². The number of anilines is 1. The highest BCUT2D eigenvalue weighted by atomic mass is 32.1. The molecule has 1 unspecified atom stereocenters. The van der Waals surface area contributed by atoms with Crippen LogP contribution in [0.15, 0.2) is 24.3 Å². The topological polar surface area (TPSA) is 35.2 Å². The van der Waals surface area contributed by atoms with Gasteiger partial charge < -0.3 is 10.5 Å². The van der Waals surface area contributed by atoms with Crippen molar-refractivity contribution in [3.05, 3.63) is 34.7 Å². The SMILES string of the molecule is COc1ccccc1-c1c(N)sc2c1CCC(C)C2. The molecule has 0 amide bonds. The predicted molar refractivity (Wildman–Crippen MR) is 81.9 cm³/mol. The van der Waals surface area contributed by atoms with Crippen LogP contribution in [-0.2, 0) is 12.8 Å². The molecule has 19 heavy (non-hydrogen) atoms. The lowest BCUT2D eigenvalue weighted by Crippen LogP contribution is -2.09. The Hall–Kier alpha value is -1.48. The van der Waals surface area contributed by atoms with Crippen LogP contribution in [0.4, 0.5) is 5.00 Å². The monoisotopic (exact) mass is 273 g/mol. The van der Waals surface area contributed by atoms with Crippen molar-refractivity contribution < 1.29 is 4.74 Å². The maximum absolute atomic E-state index is 6.29. The summed E-state index contributed by atoms with van der Waals surface area (Å²) in [7, 11) is 1.72. The van der Waals surface area contributed by atoms with Gasteiger partial charge in [-0.05, 0) is 36.8 Å². The zero-order valence-corrected chi connectivity index (χ0v) is 12.2. The van der Waals surface area contributed by atoms with Crippen LogP contribution in [0.25, 0.3) is 11.1 Å². The Balaban J connectivity index is 2.15. The number of para-hydroxylation sites is 1. The van der Waals surface area contributed by atoms with Gasteiger partial charge in [-0.2, -0.15) is 0 Å². The molecule has 3 heteroatoms. The Morgan fingerprint density at radius 2 is 2.11 bits per heavy atom. The van der Waals surface area contributed by atoms with Gasteiger partial charge in [0.2, 0.25) is 0 Å². The third kappa shape index (κ3) is 2.12. The van der Waals surface area contributed by atoms with Crippen LogP contribution in [0, 0.1) is 5.92 Å². The second-order valence-electron chi connectivity index (χ2n) is 5.29. The molecule has 0 radical (unpaired) electrons. The Morgan fingerprint density at radius 3 is 2.89 bits per heavy atom. The van der Waals surface area contributed by atoms with Crippen molar-refractivity contribution in [2.75, 3.05) is 12.8 Å². The van der Waals surface area contributed by atoms with E-state index in [1.807, 2.05) is 18.2 Å². The van der Waals surface area contributed by atoms with Crippen molar-refractivity contribution in [2.24, 2.45) is 5.92 Å². The summed E-state index contributed by atoms with van der Waals surface area (Å²) in [5.74, 6) is 1.68. The molecule has 0 saturated carbocycles. The van der Waals surface area contributed by atoms with Gasteiger partial charge in [-0.25, -0.2) is 0 Å². The molecule has 1 aromatic carbocycles. The van der Waals surface area contributed by atoms with Gasteiger partial charge in [-0.15, -0.1) is 11.3 Å². The molecule has 0 fully saturated rings. The minimum Gasteiger partial charge on any atom is -0.496 e. The number of benzene rings is 1. The molecular formula is C16H19NOS. The van der Waals surface area contributed by atoms with E-state index in [-0.39, 0.29) is 0 Å². The first-order valence-electron chi connectivity index (χ1n) is 6.74. The summed E-state index contributed by atoms with van der Waals surface area (Å²) in [6.45, 7) is 2.32. The summed E-state index contributed by atoms with van der Waals surface area (Å²) < 4.78 is 5.49. The molecule has 100 valence electrons. The average molecular weight is 273 g/mol. The average Bonchev–Trinajstić information content (AvgIpc) is 2.73. The van der Waals surface area contributed by atoms with Gasteiger partial charge in [-0.1, -0.05) is 25.1 Å². The molecular weight excluding hydrogens is 254 g/mol. The van der Waals surface area contributed by atoms with Crippen LogP contribution in [0.5, 0.6) is 5.75 Å². The molecule has 1 aliphatic carbocycles. The number of hydrogen-bond donors (Lipinski definition) is 1. The highest BCUT2D eigenvalue weighted by Crippen LogP contribution is 2.46. The van der Waals surface area contributed by atoms with Gasteiger partial charge in [0.15, 0.2) is 0 Å². The molecule has 2 nitrogen and oxygen atoms in total. The third-order valence-electron chi connectivity index (χ3n) is 3.92. The summed E-state index contributed by atoms with van der Waals surface area (Å²) in [6.07, 6.45) is 3.56. The standard InChI is InChI=1S/C16H19NOS/c1-10-7-8-12-14(9-10)19-16(17)15(12)11-5-3-4-6-13(11)18-2/h3-6,10H,7-9,17H2,1-2H3. The molecule has 2 aromatic rings. The summed E-state index contributed by atoms with van der Waals surface area (Å²) in [5.41, 5.74) is 10.1. The highest BCUT2D eigenvalue weighted by molar-refractivity contribution is 7.16. The van der Waals surface area contributed by atoms with Gasteiger partial charge in [0.05, 0.1) is 12.1 Å². The first-order valence-corrected chi connectivity index (χ1v) is 7.55. The largest absolute Gasteiger partial charge is 0.496 e. The van der Waals surface area contributed by atoms with E-state index in [0.717, 1.165) is 28.7 Å². The lowest BCUT2D eigenvalue weighted by molar-refractivity contribution is 0.416. The Bertz CT molecular complexity index is 603. The molecule has 1 aliphatic rings. The van der Waals surface area contributed by atoms with Gasteiger partial charge >= 0.3 is 0 Å². The first-order chi connectivity index (χ1) is 9.20. The molecule has 1 heterocycles. The molecule has 0 bridgehead atoms. The fraction of sp³-hybridized carbons (Fsp3) is 0.375. The molecule has 1 atom stereocenters. The number of fused-ring (bicyclic) bond motifs is 1. The fourth-order valence-corrected chi connectivity index (χ4v) is 4.21. The number of hydrogen-bond acceptors (Lipinski definition) is 3. The maximum atomic E-state index is 6.29. The van der Waals surface area contributed by atoms with Crippen LogP contribution >= 0.6 is 11.3 Å². The maximum Gasteiger partial charge on any atom is 0.126 e. The number of rotatable bonds is 2. The van der Waals surface area contributed by atoms with Crippen LogP contribution in [-0.4, -0.2) is 7.11 Å². The minimum atomic E-state index is 0.774. The van der Waals surface area contributed by atoms with Crippen LogP contribution < -0.4 is 10.5 Å². The number of nitrogen functional groups attached to an aromatic ring is 1. The van der Waals surface area contributed by atoms with Crippen LogP contribution in [0.1, 0.15) is 23.8 Å². The summed E-state index contributed by atoms with van der Waals surface area (Å²) in [5, 5.41) is 0.934. The summed E-state index contributed by atoms with van der Waals surface area (Å²) in [6, 6.07) is 8.16. The van der Waals surface area contributed by atoms with Crippen molar-refractivity contribution in [3.63, 3.8) is 0 Å². The zero-order valence-electron chi connectivity index (χ0n) is 11.4. The van der Waals surface area contributed by atoms with E-state index in [1.54, 1.807) is 18.4 Å². The second kappa shape index (κ2) is 4.89. The van der Waals surface area contributed by atoms with E-state index in [2.05, 4.69) is 13.0 Å². The van der Waals surface area contributed by atoms with Gasteiger partial charge in [0.1, 0.15) is 5.75 Å². The molecule has 1 aromatic heterocycles. The summed E-state index contributed by atoms with van der Waals surface area (Å²) >= 11 is 1.76. The number of nitrogens with two attached hydrogens (primary N) is 1. The lowest BCUT2D eigenvalue weighted by atomic mass is 9.86. The normalized spacial score (nSPS) is 18.1. The van der Waals surface area contributed by atoms with Crippen molar-refractivity contribution in [1.82, 2.24) is 0 Å². The number of methoxy groups -OCH3 is 1. The quantitative estimate of drug-likeness (QED) is 0.893. The van der Waals surface area contributed by atoms with Gasteiger partial charge in [0, 0.05) is 16.0 Å². The summed E-state index contributed by atoms with van der Waals surface area (Å²) in [4.78, 5) is 1.47. The van der Waals surface area contributed by atoms with E-state index in [4.69, 9.17) is 10.5 Å². The first kappa shape index (κ1) is 12.5. The predicted octanol–water partition coefficient (Wildman–Crippen LogP) is 4.13. The third-order valence-corrected chi connectivity index (χ3v) is 5.00. The zero-order chi connectivity index (χ0) is 13.4. The smallest absolute Gasteiger partial charge is 0.126 e. The lowest BCUT2D eigenvalue weighted by Gasteiger charge is -2.19. The van der Waals surface area contributed by atoms with Crippen LogP contribution in [0.2, 0.25) is 0 Å². The number of ether oxygens (including phenoxy) is 1. The Kier molecular flexibility index (Phi) is 3.23. The van der Waals surface area contributed by atoms with Gasteiger partial charge in [-0.3, -0.25) is 0 Å². The highest BCUT2D eigenvalue weighted by Gasteiger charge is 2.24. The van der Waals surface area contributed by atoms with Crippen molar-refractivity contribution in [1.29, 1.82) is 0 Å². The molecule has 2 N–H and O–H groups in total. The molecule has 0 saturated heterocycles.